The van der Waals surface area contributed by atoms with Gasteiger partial charge in [0.05, 0.1) is 19.6 Å². The Bertz CT molecular complexity index is 1270. The molecule has 3 aromatic rings. The highest BCUT2D eigenvalue weighted by Gasteiger charge is 2.31. The first-order valence-electron chi connectivity index (χ1n) is 12.5. The van der Waals surface area contributed by atoms with Crippen molar-refractivity contribution in [1.29, 1.82) is 0 Å². The molecule has 3 atom stereocenters. The smallest absolute Gasteiger partial charge is 0.328 e. The predicted molar refractivity (Wildman–Crippen MR) is 150 cm³/mol. The molecule has 1 aromatic heterocycles. The molecule has 3 rings (SSSR count). The van der Waals surface area contributed by atoms with E-state index in [-0.39, 0.29) is 13.0 Å². The fourth-order valence-corrected chi connectivity index (χ4v) is 4.45. The number of aromatic amines is 1. The van der Waals surface area contributed by atoms with Crippen molar-refractivity contribution in [2.45, 2.75) is 44.0 Å². The maximum absolute atomic E-state index is 13.4. The summed E-state index contributed by atoms with van der Waals surface area (Å²) < 4.78 is 10.2. The SMILES string of the molecule is COC(=O)[C@H](Cc1c[nH]c2ccccc12)NC(=O)[C@H](CC(=O)OCc1ccccc1)NC(=O)[C@@H](N)CCSC. The van der Waals surface area contributed by atoms with E-state index in [9.17, 15) is 19.2 Å². The molecule has 0 saturated carbocycles. The molecular weight excluding hydrogens is 520 g/mol. The number of hydrogen-bond acceptors (Lipinski definition) is 8. The van der Waals surface area contributed by atoms with Crippen molar-refractivity contribution in [3.05, 3.63) is 71.9 Å². The number of carbonyl (C=O) groups is 4. The zero-order chi connectivity index (χ0) is 28.2. The van der Waals surface area contributed by atoms with Gasteiger partial charge in [0.1, 0.15) is 18.7 Å². The first-order chi connectivity index (χ1) is 18.8. The largest absolute Gasteiger partial charge is 0.467 e. The van der Waals surface area contributed by atoms with Crippen LogP contribution in [0.2, 0.25) is 0 Å². The number of amides is 2. The number of fused-ring (bicyclic) bond motifs is 1. The number of H-pyrrole nitrogens is 1. The number of ether oxygens (including phenoxy) is 2. The highest BCUT2D eigenvalue weighted by atomic mass is 32.2. The van der Waals surface area contributed by atoms with Gasteiger partial charge in [-0.1, -0.05) is 48.5 Å². The van der Waals surface area contributed by atoms with Crippen molar-refractivity contribution < 1.29 is 28.7 Å². The number of aromatic nitrogens is 1. The predicted octanol–water partition coefficient (Wildman–Crippen LogP) is 2.07. The van der Waals surface area contributed by atoms with Crippen LogP contribution in [-0.2, 0) is 41.7 Å². The standard InChI is InChI=1S/C28H34N4O6S/c1-37-28(36)24(14-19-16-30-22-11-7-6-10-20(19)22)32-27(35)23(31-26(34)21(29)12-13-39-2)15-25(33)38-17-18-8-4-3-5-9-18/h3-11,16,21,23-24,30H,12-15,17,29H2,1-2H3,(H,31,34)(H,32,35)/t21-,23-,24-/m0/s1. The third-order valence-corrected chi connectivity index (χ3v) is 6.76. The summed E-state index contributed by atoms with van der Waals surface area (Å²) in [5.41, 5.74) is 8.43. The Kier molecular flexibility index (Phi) is 11.4. The number of carbonyl (C=O) groups excluding carboxylic acids is 4. The van der Waals surface area contributed by atoms with Crippen LogP contribution in [-0.4, -0.2) is 66.0 Å². The fraction of sp³-hybridized carbons (Fsp3) is 0.357. The van der Waals surface area contributed by atoms with Gasteiger partial charge >= 0.3 is 11.9 Å². The average Bonchev–Trinajstić information content (AvgIpc) is 3.36. The second-order valence-corrected chi connectivity index (χ2v) is 9.93. The second-order valence-electron chi connectivity index (χ2n) is 8.95. The molecule has 10 nitrogen and oxygen atoms in total. The van der Waals surface area contributed by atoms with Crippen molar-refractivity contribution in [1.82, 2.24) is 15.6 Å². The Balaban J connectivity index is 1.74. The normalized spacial score (nSPS) is 13.2. The number of esters is 2. The lowest BCUT2D eigenvalue weighted by atomic mass is 10.0. The van der Waals surface area contributed by atoms with Crippen molar-refractivity contribution in [2.24, 2.45) is 5.73 Å². The van der Waals surface area contributed by atoms with E-state index < -0.39 is 48.3 Å². The maximum atomic E-state index is 13.4. The van der Waals surface area contributed by atoms with Crippen LogP contribution in [0.1, 0.15) is 24.0 Å². The quantitative estimate of drug-likeness (QED) is 0.221. The molecule has 2 amide bonds. The molecule has 5 N–H and O–H groups in total. The number of thioether (sulfide) groups is 1. The molecule has 0 saturated heterocycles. The average molecular weight is 555 g/mol. The van der Waals surface area contributed by atoms with Crippen LogP contribution in [0.25, 0.3) is 10.9 Å². The Hall–Kier alpha value is -3.83. The first-order valence-corrected chi connectivity index (χ1v) is 13.9. The molecule has 1 heterocycles. The molecule has 2 aromatic carbocycles. The van der Waals surface area contributed by atoms with E-state index in [2.05, 4.69) is 15.6 Å². The van der Waals surface area contributed by atoms with Crippen molar-refractivity contribution >= 4 is 46.4 Å². The molecule has 0 spiro atoms. The topological polar surface area (TPSA) is 153 Å². The molecule has 0 radical (unpaired) electrons. The van der Waals surface area contributed by atoms with Gasteiger partial charge in [0.25, 0.3) is 0 Å². The number of methoxy groups -OCH3 is 1. The van der Waals surface area contributed by atoms with Gasteiger partial charge < -0.3 is 30.8 Å². The van der Waals surface area contributed by atoms with Crippen LogP contribution in [0.15, 0.2) is 60.8 Å². The van der Waals surface area contributed by atoms with Crippen LogP contribution in [0.3, 0.4) is 0 Å². The molecule has 0 aliphatic carbocycles. The number of nitrogens with two attached hydrogens (primary N) is 1. The summed E-state index contributed by atoms with van der Waals surface area (Å²) in [6.07, 6.45) is 3.74. The third-order valence-electron chi connectivity index (χ3n) is 6.12. The van der Waals surface area contributed by atoms with E-state index >= 15 is 0 Å². The molecule has 0 aliphatic heterocycles. The first kappa shape index (κ1) is 29.7. The molecule has 0 aliphatic rings. The molecule has 0 unspecified atom stereocenters. The van der Waals surface area contributed by atoms with E-state index in [1.54, 1.807) is 18.3 Å². The Morgan fingerprint density at radius 1 is 0.974 bits per heavy atom. The minimum atomic E-state index is -1.31. The van der Waals surface area contributed by atoms with Gasteiger partial charge in [-0.25, -0.2) is 4.79 Å². The van der Waals surface area contributed by atoms with Crippen molar-refractivity contribution in [2.75, 3.05) is 19.1 Å². The van der Waals surface area contributed by atoms with Gasteiger partial charge in [-0.05, 0) is 35.6 Å². The number of rotatable bonds is 14. The molecule has 208 valence electrons. The van der Waals surface area contributed by atoms with E-state index in [0.29, 0.717) is 12.2 Å². The van der Waals surface area contributed by atoms with Crippen LogP contribution < -0.4 is 16.4 Å². The van der Waals surface area contributed by atoms with Crippen LogP contribution >= 0.6 is 11.8 Å². The molecular formula is C28H34N4O6S. The molecule has 0 bridgehead atoms. The fourth-order valence-electron chi connectivity index (χ4n) is 3.96. The number of hydrogen-bond donors (Lipinski definition) is 4. The summed E-state index contributed by atoms with van der Waals surface area (Å²) in [5, 5.41) is 6.10. The van der Waals surface area contributed by atoms with Crippen LogP contribution in [0.4, 0.5) is 0 Å². The van der Waals surface area contributed by atoms with Gasteiger partial charge in [-0.3, -0.25) is 14.4 Å². The Morgan fingerprint density at radius 2 is 1.67 bits per heavy atom. The number of nitrogens with one attached hydrogen (secondary N) is 3. The highest BCUT2D eigenvalue weighted by Crippen LogP contribution is 2.19. The lowest BCUT2D eigenvalue weighted by Gasteiger charge is -2.23. The number of para-hydroxylation sites is 1. The summed E-state index contributed by atoms with van der Waals surface area (Å²) in [6.45, 7) is 0.0144. The Labute approximate surface area is 231 Å². The van der Waals surface area contributed by atoms with E-state index in [4.69, 9.17) is 15.2 Å². The van der Waals surface area contributed by atoms with Gasteiger partial charge in [0, 0.05) is 23.5 Å². The third kappa shape index (κ3) is 8.86. The monoisotopic (exact) mass is 554 g/mol. The second kappa shape index (κ2) is 14.9. The summed E-state index contributed by atoms with van der Waals surface area (Å²) >= 11 is 1.54. The van der Waals surface area contributed by atoms with Gasteiger partial charge in [0.15, 0.2) is 0 Å². The molecule has 0 fully saturated rings. The van der Waals surface area contributed by atoms with Gasteiger partial charge in [0.2, 0.25) is 11.8 Å². The lowest BCUT2D eigenvalue weighted by molar-refractivity contribution is -0.148. The highest BCUT2D eigenvalue weighted by molar-refractivity contribution is 7.98. The number of benzene rings is 2. The lowest BCUT2D eigenvalue weighted by Crippen LogP contribution is -2.55. The van der Waals surface area contributed by atoms with Crippen LogP contribution in [0.5, 0.6) is 0 Å². The van der Waals surface area contributed by atoms with E-state index in [1.165, 1.54) is 18.9 Å². The Morgan fingerprint density at radius 3 is 2.38 bits per heavy atom. The maximum Gasteiger partial charge on any atom is 0.328 e. The van der Waals surface area contributed by atoms with E-state index in [1.807, 2.05) is 48.7 Å². The van der Waals surface area contributed by atoms with E-state index in [0.717, 1.165) is 22.0 Å². The zero-order valence-corrected chi connectivity index (χ0v) is 22.8. The van der Waals surface area contributed by atoms with Crippen molar-refractivity contribution in [3.8, 4) is 0 Å². The molecule has 11 heteroatoms. The van der Waals surface area contributed by atoms with Gasteiger partial charge in [-0.15, -0.1) is 0 Å². The summed E-state index contributed by atoms with van der Waals surface area (Å²) in [6, 6.07) is 13.4. The minimum Gasteiger partial charge on any atom is -0.467 e. The summed E-state index contributed by atoms with van der Waals surface area (Å²) in [7, 11) is 1.22. The zero-order valence-electron chi connectivity index (χ0n) is 22.0. The molecule has 39 heavy (non-hydrogen) atoms. The minimum absolute atomic E-state index is 0.0144. The van der Waals surface area contributed by atoms with Gasteiger partial charge in [-0.2, -0.15) is 11.8 Å². The van der Waals surface area contributed by atoms with Crippen LogP contribution in [0, 0.1) is 0 Å². The van der Waals surface area contributed by atoms with Crippen molar-refractivity contribution in [3.63, 3.8) is 0 Å². The summed E-state index contributed by atoms with van der Waals surface area (Å²) in [5.74, 6) is -2.01. The summed E-state index contributed by atoms with van der Waals surface area (Å²) in [4.78, 5) is 54.5.